The van der Waals surface area contributed by atoms with Gasteiger partial charge in [0.15, 0.2) is 0 Å². The Hall–Kier alpha value is -1.85. The van der Waals surface area contributed by atoms with Gasteiger partial charge in [0.2, 0.25) is 11.7 Å². The molecule has 19 heavy (non-hydrogen) atoms. The summed E-state index contributed by atoms with van der Waals surface area (Å²) in [5.41, 5.74) is 0.187. The molecule has 2 fully saturated rings. The number of likely N-dealkylation sites (tertiary alicyclic amines) is 1. The predicted molar refractivity (Wildman–Crippen MR) is 66.3 cm³/mol. The molecule has 0 unspecified atom stereocenters. The van der Waals surface area contributed by atoms with E-state index in [1.54, 1.807) is 6.07 Å². The maximum Gasteiger partial charge on any atom is 0.292 e. The molecule has 3 heterocycles. The van der Waals surface area contributed by atoms with E-state index in [0.29, 0.717) is 12.2 Å². The first kappa shape index (κ1) is 12.2. The Kier molecular flexibility index (Phi) is 3.00. The molecular weight excluding hydrogens is 246 g/mol. The van der Waals surface area contributed by atoms with E-state index >= 15 is 0 Å². The van der Waals surface area contributed by atoms with Gasteiger partial charge in [0.1, 0.15) is 0 Å². The van der Waals surface area contributed by atoms with Crippen LogP contribution in [0.3, 0.4) is 0 Å². The van der Waals surface area contributed by atoms with Crippen molar-refractivity contribution in [3.05, 3.63) is 18.0 Å². The molecule has 3 rings (SSSR count). The van der Waals surface area contributed by atoms with Crippen molar-refractivity contribution in [3.8, 4) is 0 Å². The van der Waals surface area contributed by atoms with E-state index in [0.717, 1.165) is 38.9 Å². The average Bonchev–Trinajstić information content (AvgIpc) is 2.97. The van der Waals surface area contributed by atoms with E-state index in [1.165, 1.54) is 6.20 Å². The van der Waals surface area contributed by atoms with Gasteiger partial charge in [-0.1, -0.05) is 5.16 Å². The molecule has 0 radical (unpaired) electrons. The number of amides is 2. The van der Waals surface area contributed by atoms with Gasteiger partial charge in [0, 0.05) is 32.1 Å². The molecule has 2 amide bonds. The van der Waals surface area contributed by atoms with Crippen molar-refractivity contribution in [2.24, 2.45) is 5.41 Å². The number of piperidine rings is 2. The second-order valence-electron chi connectivity index (χ2n) is 5.45. The van der Waals surface area contributed by atoms with E-state index < -0.39 is 0 Å². The summed E-state index contributed by atoms with van der Waals surface area (Å²) in [6, 6.07) is 1.59. The van der Waals surface area contributed by atoms with Crippen LogP contribution in [0.4, 0.5) is 0 Å². The molecule has 1 aromatic rings. The van der Waals surface area contributed by atoms with Crippen LogP contribution in [0.2, 0.25) is 0 Å². The highest BCUT2D eigenvalue weighted by Crippen LogP contribution is 2.37. The molecule has 0 aliphatic carbocycles. The lowest BCUT2D eigenvalue weighted by Gasteiger charge is -2.43. The zero-order valence-electron chi connectivity index (χ0n) is 10.7. The third kappa shape index (κ3) is 2.34. The van der Waals surface area contributed by atoms with Gasteiger partial charge in [-0.3, -0.25) is 9.59 Å². The lowest BCUT2D eigenvalue weighted by Crippen LogP contribution is -2.50. The Morgan fingerprint density at radius 3 is 2.74 bits per heavy atom. The SMILES string of the molecule is O=C1CCC2(CCN(C(=O)c3ccno3)CC2)CN1. The molecule has 2 aliphatic heterocycles. The minimum absolute atomic E-state index is 0.0906. The molecule has 1 spiro atoms. The van der Waals surface area contributed by atoms with Crippen LogP contribution in [0.1, 0.15) is 36.2 Å². The Balaban J connectivity index is 1.60. The third-order valence-corrected chi connectivity index (χ3v) is 4.30. The number of rotatable bonds is 1. The Morgan fingerprint density at radius 1 is 1.37 bits per heavy atom. The molecule has 6 nitrogen and oxygen atoms in total. The van der Waals surface area contributed by atoms with Gasteiger partial charge in [-0.25, -0.2) is 0 Å². The Morgan fingerprint density at radius 2 is 2.16 bits per heavy atom. The number of nitrogens with zero attached hydrogens (tertiary/aromatic N) is 2. The fourth-order valence-electron chi connectivity index (χ4n) is 2.93. The number of nitrogens with one attached hydrogen (secondary N) is 1. The third-order valence-electron chi connectivity index (χ3n) is 4.30. The molecule has 6 heteroatoms. The molecule has 0 atom stereocenters. The summed E-state index contributed by atoms with van der Waals surface area (Å²) in [7, 11) is 0. The summed E-state index contributed by atoms with van der Waals surface area (Å²) in [5, 5.41) is 6.50. The first-order valence-electron chi connectivity index (χ1n) is 6.65. The monoisotopic (exact) mass is 263 g/mol. The smallest absolute Gasteiger partial charge is 0.292 e. The van der Waals surface area contributed by atoms with Crippen molar-refractivity contribution in [2.75, 3.05) is 19.6 Å². The molecule has 2 saturated heterocycles. The van der Waals surface area contributed by atoms with E-state index in [9.17, 15) is 9.59 Å². The largest absolute Gasteiger partial charge is 0.356 e. The number of hydrogen-bond donors (Lipinski definition) is 1. The Bertz CT molecular complexity index is 463. The highest BCUT2D eigenvalue weighted by molar-refractivity contribution is 5.91. The van der Waals surface area contributed by atoms with Crippen LogP contribution < -0.4 is 5.32 Å². The highest BCUT2D eigenvalue weighted by atomic mass is 16.5. The van der Waals surface area contributed by atoms with E-state index in [1.807, 2.05) is 4.90 Å². The molecule has 102 valence electrons. The summed E-state index contributed by atoms with van der Waals surface area (Å²) in [4.78, 5) is 25.1. The van der Waals surface area contributed by atoms with Gasteiger partial charge in [-0.15, -0.1) is 0 Å². The second kappa shape index (κ2) is 4.68. The summed E-state index contributed by atoms with van der Waals surface area (Å²) >= 11 is 0. The molecule has 0 saturated carbocycles. The van der Waals surface area contributed by atoms with Gasteiger partial charge in [0.05, 0.1) is 6.20 Å². The quantitative estimate of drug-likeness (QED) is 0.813. The highest BCUT2D eigenvalue weighted by Gasteiger charge is 2.39. The molecule has 1 aromatic heterocycles. The fourth-order valence-corrected chi connectivity index (χ4v) is 2.93. The molecule has 0 aromatic carbocycles. The molecule has 0 bridgehead atoms. The normalized spacial score (nSPS) is 22.3. The van der Waals surface area contributed by atoms with Crippen molar-refractivity contribution in [1.29, 1.82) is 0 Å². The van der Waals surface area contributed by atoms with E-state index in [-0.39, 0.29) is 17.2 Å². The fraction of sp³-hybridized carbons (Fsp3) is 0.615. The zero-order valence-corrected chi connectivity index (χ0v) is 10.7. The van der Waals surface area contributed by atoms with E-state index in [2.05, 4.69) is 10.5 Å². The lowest BCUT2D eigenvalue weighted by atomic mass is 9.73. The number of aromatic nitrogens is 1. The van der Waals surface area contributed by atoms with E-state index in [4.69, 9.17) is 4.52 Å². The zero-order chi connectivity index (χ0) is 13.3. The van der Waals surface area contributed by atoms with Crippen molar-refractivity contribution in [3.63, 3.8) is 0 Å². The van der Waals surface area contributed by atoms with Gasteiger partial charge in [0.25, 0.3) is 5.91 Å². The van der Waals surface area contributed by atoms with Gasteiger partial charge < -0.3 is 14.7 Å². The maximum absolute atomic E-state index is 12.1. The van der Waals surface area contributed by atoms with Crippen LogP contribution in [0.15, 0.2) is 16.8 Å². The van der Waals surface area contributed by atoms with Crippen LogP contribution in [0, 0.1) is 5.41 Å². The standard InChI is InChI=1S/C13H17N3O3/c17-11-1-3-13(9-14-11)4-7-16(8-5-13)12(18)10-2-6-15-19-10/h2,6H,1,3-5,7-9H2,(H,14,17). The predicted octanol–water partition coefficient (Wildman–Crippen LogP) is 0.807. The molecule has 1 N–H and O–H groups in total. The van der Waals surface area contributed by atoms with Crippen LogP contribution >= 0.6 is 0 Å². The van der Waals surface area contributed by atoms with Gasteiger partial charge in [-0.05, 0) is 24.7 Å². The topological polar surface area (TPSA) is 75.4 Å². The maximum atomic E-state index is 12.1. The first-order valence-corrected chi connectivity index (χ1v) is 6.65. The number of carbonyl (C=O) groups excluding carboxylic acids is 2. The number of carbonyl (C=O) groups is 2. The van der Waals surface area contributed by atoms with Crippen LogP contribution in [-0.4, -0.2) is 41.5 Å². The van der Waals surface area contributed by atoms with Crippen LogP contribution in [-0.2, 0) is 4.79 Å². The first-order chi connectivity index (χ1) is 9.19. The summed E-state index contributed by atoms with van der Waals surface area (Å²) in [5.74, 6) is 0.353. The lowest BCUT2D eigenvalue weighted by molar-refractivity contribution is -0.125. The molecule has 2 aliphatic rings. The second-order valence-corrected chi connectivity index (χ2v) is 5.45. The van der Waals surface area contributed by atoms with Crippen molar-refractivity contribution < 1.29 is 14.1 Å². The van der Waals surface area contributed by atoms with Gasteiger partial charge in [-0.2, -0.15) is 0 Å². The average molecular weight is 263 g/mol. The van der Waals surface area contributed by atoms with Crippen molar-refractivity contribution >= 4 is 11.8 Å². The molecular formula is C13H17N3O3. The van der Waals surface area contributed by atoms with Crippen molar-refractivity contribution in [1.82, 2.24) is 15.4 Å². The summed E-state index contributed by atoms with van der Waals surface area (Å²) in [6.45, 7) is 2.18. The minimum Gasteiger partial charge on any atom is -0.356 e. The van der Waals surface area contributed by atoms with Crippen molar-refractivity contribution in [2.45, 2.75) is 25.7 Å². The number of hydrogen-bond acceptors (Lipinski definition) is 4. The minimum atomic E-state index is -0.0906. The van der Waals surface area contributed by atoms with Crippen LogP contribution in [0.5, 0.6) is 0 Å². The van der Waals surface area contributed by atoms with Crippen LogP contribution in [0.25, 0.3) is 0 Å². The summed E-state index contributed by atoms with van der Waals surface area (Å²) in [6.07, 6.45) is 4.90. The van der Waals surface area contributed by atoms with Gasteiger partial charge >= 0.3 is 0 Å². The Labute approximate surface area is 111 Å². The summed E-state index contributed by atoms with van der Waals surface area (Å²) < 4.78 is 4.90.